The fraction of sp³-hybridized carbons (Fsp3) is 0.844. The minimum Gasteiger partial charge on any atom is -0.461 e. The van der Waals surface area contributed by atoms with E-state index in [1.165, 1.54) is 0 Å². The van der Waals surface area contributed by atoms with Crippen LogP contribution in [0.25, 0.3) is 0 Å². The van der Waals surface area contributed by atoms with Gasteiger partial charge >= 0.3 is 19.8 Å². The second-order valence-electron chi connectivity index (χ2n) is 14.9. The second-order valence-corrected chi connectivity index (χ2v) is 18.0. The first-order valence-electron chi connectivity index (χ1n) is 16.5. The minimum absolute atomic E-state index is 0.00628. The summed E-state index contributed by atoms with van der Waals surface area (Å²) in [5.74, 6) is -2.12. The van der Waals surface area contributed by atoms with Gasteiger partial charge in [-0.15, -0.1) is 0 Å². The Morgan fingerprint density at radius 3 is 2.12 bits per heavy atom. The number of phosphoric ester groups is 1. The first-order chi connectivity index (χ1) is 22.3. The van der Waals surface area contributed by atoms with Gasteiger partial charge in [-0.1, -0.05) is 48.0 Å². The molecular formula is C32H61N3O12P2. The van der Waals surface area contributed by atoms with Crippen molar-refractivity contribution in [2.75, 3.05) is 39.6 Å². The summed E-state index contributed by atoms with van der Waals surface area (Å²) in [5, 5.41) is 5.25. The third-order valence-electron chi connectivity index (χ3n) is 7.10. The maximum absolute atomic E-state index is 13.1. The molecule has 17 heteroatoms. The summed E-state index contributed by atoms with van der Waals surface area (Å²) in [6, 6.07) is 0. The Labute approximate surface area is 293 Å². The van der Waals surface area contributed by atoms with Crippen molar-refractivity contribution in [3.8, 4) is 0 Å². The Morgan fingerprint density at radius 1 is 0.959 bits per heavy atom. The van der Waals surface area contributed by atoms with Gasteiger partial charge in [-0.3, -0.25) is 33.0 Å². The monoisotopic (exact) mass is 741 g/mol. The normalized spacial score (nSPS) is 16.0. The Hall–Kier alpha value is -2.15. The third kappa shape index (κ3) is 22.3. The number of hydrogen-bond donors (Lipinski definition) is 4. The zero-order valence-corrected chi connectivity index (χ0v) is 33.0. The molecule has 49 heavy (non-hydrogen) atoms. The average Bonchev–Trinajstić information content (AvgIpc) is 2.96. The number of nitrogens with one attached hydrogen (secondary N) is 2. The summed E-state index contributed by atoms with van der Waals surface area (Å²) in [5.41, 5.74) is 2.67. The van der Waals surface area contributed by atoms with Gasteiger partial charge in [-0.05, 0) is 58.5 Å². The lowest BCUT2D eigenvalue weighted by molar-refractivity contribution is -0.171. The second kappa shape index (κ2) is 21.3. The van der Waals surface area contributed by atoms with Crippen molar-refractivity contribution in [2.24, 2.45) is 28.4 Å². The van der Waals surface area contributed by atoms with E-state index in [0.29, 0.717) is 18.8 Å². The standard InChI is InChI=1S/C32H61N3O12P2/c1-12-22(2)17-23(3)27(38)43-18-24(47-28(39)31(7,8)20-30(4,5)6)19-46-49(41,42)45-16-15-34-29(40)48(11)44-21-32(9,10)35-26(37)14-13-25(33)36/h22-24H,12-21H2,1-11H3,(H2,33,36)(H,34,40)(H,35,37)(H,41,42). The highest BCUT2D eigenvalue weighted by Gasteiger charge is 2.36. The van der Waals surface area contributed by atoms with Gasteiger partial charge in [0.25, 0.3) is 5.65 Å². The summed E-state index contributed by atoms with van der Waals surface area (Å²) >= 11 is 0. The van der Waals surface area contributed by atoms with Gasteiger partial charge in [0, 0.05) is 19.4 Å². The summed E-state index contributed by atoms with van der Waals surface area (Å²) in [6.07, 6.45) is 0.672. The Bertz CT molecular complexity index is 1140. The van der Waals surface area contributed by atoms with Crippen molar-refractivity contribution in [3.05, 3.63) is 0 Å². The predicted molar refractivity (Wildman–Crippen MR) is 187 cm³/mol. The summed E-state index contributed by atoms with van der Waals surface area (Å²) in [6.45, 7) is 18.7. The first-order valence-corrected chi connectivity index (χ1v) is 19.7. The van der Waals surface area contributed by atoms with E-state index < -0.39 is 75.7 Å². The Balaban J connectivity index is 5.07. The molecule has 0 rings (SSSR count). The number of rotatable bonds is 24. The van der Waals surface area contributed by atoms with E-state index in [9.17, 15) is 33.4 Å². The molecule has 5 unspecified atom stereocenters. The molecule has 0 aromatic rings. The van der Waals surface area contributed by atoms with Crippen LogP contribution in [0.5, 0.6) is 0 Å². The van der Waals surface area contributed by atoms with Crippen LogP contribution in [0.15, 0.2) is 0 Å². The van der Waals surface area contributed by atoms with Gasteiger partial charge in [0.2, 0.25) is 11.8 Å². The molecule has 0 aliphatic rings. The minimum atomic E-state index is -4.68. The highest BCUT2D eigenvalue weighted by atomic mass is 31.2. The molecule has 0 saturated heterocycles. The fourth-order valence-electron chi connectivity index (χ4n) is 4.68. The molecule has 0 bridgehead atoms. The molecule has 0 heterocycles. The molecule has 0 radical (unpaired) electrons. The van der Waals surface area contributed by atoms with E-state index in [1.807, 2.05) is 34.6 Å². The van der Waals surface area contributed by atoms with Crippen LogP contribution in [0.3, 0.4) is 0 Å². The highest BCUT2D eigenvalue weighted by molar-refractivity contribution is 7.69. The van der Waals surface area contributed by atoms with Gasteiger partial charge in [0.15, 0.2) is 6.10 Å². The highest BCUT2D eigenvalue weighted by Crippen LogP contribution is 2.43. The Morgan fingerprint density at radius 2 is 1.57 bits per heavy atom. The van der Waals surface area contributed by atoms with Crippen LogP contribution in [-0.4, -0.2) is 85.6 Å². The van der Waals surface area contributed by atoms with Gasteiger partial charge in [0.05, 0.1) is 36.7 Å². The molecule has 0 aromatic heterocycles. The van der Waals surface area contributed by atoms with E-state index in [4.69, 9.17) is 28.8 Å². The maximum atomic E-state index is 13.1. The summed E-state index contributed by atoms with van der Waals surface area (Å²) < 4.78 is 39.4. The summed E-state index contributed by atoms with van der Waals surface area (Å²) in [4.78, 5) is 71.3. The molecule has 5 atom stereocenters. The van der Waals surface area contributed by atoms with Gasteiger partial charge in [-0.2, -0.15) is 0 Å². The lowest BCUT2D eigenvalue weighted by Gasteiger charge is -2.32. The molecule has 0 saturated carbocycles. The molecular weight excluding hydrogens is 680 g/mol. The smallest absolute Gasteiger partial charge is 0.461 e. The summed E-state index contributed by atoms with van der Waals surface area (Å²) in [7, 11) is -6.32. The molecule has 0 aliphatic carbocycles. The van der Waals surface area contributed by atoms with Gasteiger partial charge in [-0.25, -0.2) is 4.57 Å². The topological polar surface area (TPSA) is 219 Å². The molecule has 3 amide bonds. The number of esters is 2. The number of primary amides is 1. The van der Waals surface area contributed by atoms with Crippen LogP contribution in [0, 0.1) is 22.7 Å². The van der Waals surface area contributed by atoms with E-state index in [-0.39, 0.29) is 43.9 Å². The number of amides is 3. The van der Waals surface area contributed by atoms with Crippen molar-refractivity contribution in [1.29, 1.82) is 0 Å². The van der Waals surface area contributed by atoms with Gasteiger partial charge in [0.1, 0.15) is 14.8 Å². The maximum Gasteiger partial charge on any atom is 0.472 e. The van der Waals surface area contributed by atoms with Crippen LogP contribution in [0.2, 0.25) is 0 Å². The van der Waals surface area contributed by atoms with Crippen LogP contribution in [0.1, 0.15) is 101 Å². The zero-order chi connectivity index (χ0) is 38.2. The largest absolute Gasteiger partial charge is 0.472 e. The SMILES string of the molecule is CCC(C)CC(C)C(=O)OCC(COP(=O)(O)OCCNC(=O)P(C)OCC(C)(C)NC(=O)CCC(N)=O)OC(=O)C(C)(C)CC(C)(C)C. The Kier molecular flexibility index (Phi) is 20.3. The van der Waals surface area contributed by atoms with E-state index in [0.717, 1.165) is 6.42 Å². The zero-order valence-electron chi connectivity index (χ0n) is 31.2. The number of nitrogens with two attached hydrogens (primary N) is 1. The molecule has 15 nitrogen and oxygen atoms in total. The molecule has 0 spiro atoms. The fourth-order valence-corrected chi connectivity index (χ4v) is 6.40. The van der Waals surface area contributed by atoms with E-state index >= 15 is 0 Å². The lowest BCUT2D eigenvalue weighted by Crippen LogP contribution is -2.47. The number of ether oxygens (including phenoxy) is 2. The number of hydrogen-bond acceptors (Lipinski definition) is 11. The molecule has 0 aromatic carbocycles. The number of carbonyl (C=O) groups excluding carboxylic acids is 5. The molecule has 0 fully saturated rings. The molecule has 0 aliphatic heterocycles. The van der Waals surface area contributed by atoms with Crippen molar-refractivity contribution in [2.45, 2.75) is 113 Å². The molecule has 5 N–H and O–H groups in total. The van der Waals surface area contributed by atoms with Crippen LogP contribution < -0.4 is 16.4 Å². The molecule has 286 valence electrons. The van der Waals surface area contributed by atoms with Gasteiger partial charge < -0.3 is 35.3 Å². The van der Waals surface area contributed by atoms with Crippen molar-refractivity contribution in [1.82, 2.24) is 10.6 Å². The van der Waals surface area contributed by atoms with Crippen LogP contribution in [-0.2, 0) is 46.8 Å². The predicted octanol–water partition coefficient (Wildman–Crippen LogP) is 5.02. The third-order valence-corrected chi connectivity index (χ3v) is 9.33. The van der Waals surface area contributed by atoms with Crippen LogP contribution >= 0.6 is 16.0 Å². The van der Waals surface area contributed by atoms with Crippen molar-refractivity contribution < 1.29 is 56.5 Å². The van der Waals surface area contributed by atoms with E-state index in [2.05, 4.69) is 10.6 Å². The number of phosphoric acid groups is 1. The number of carbonyl (C=O) groups is 5. The van der Waals surface area contributed by atoms with Crippen LogP contribution in [0.4, 0.5) is 4.79 Å². The average molecular weight is 742 g/mol. The van der Waals surface area contributed by atoms with Crippen molar-refractivity contribution in [3.63, 3.8) is 0 Å². The van der Waals surface area contributed by atoms with E-state index in [1.54, 1.807) is 41.3 Å². The quantitative estimate of drug-likeness (QED) is 0.0582. The lowest BCUT2D eigenvalue weighted by atomic mass is 9.76. The van der Waals surface area contributed by atoms with Crippen molar-refractivity contribution >= 4 is 45.4 Å². The first kappa shape index (κ1) is 46.9.